The van der Waals surface area contributed by atoms with Crippen molar-refractivity contribution in [2.45, 2.75) is 116 Å². The number of ether oxygens (including phenoxy) is 1. The Morgan fingerprint density at radius 1 is 1.24 bits per heavy atom. The largest absolute Gasteiger partial charge is 0.444 e. The second kappa shape index (κ2) is 10.1. The van der Waals surface area contributed by atoms with Gasteiger partial charge in [-0.15, -0.1) is 0 Å². The van der Waals surface area contributed by atoms with Gasteiger partial charge in [0.15, 0.2) is 0 Å². The summed E-state index contributed by atoms with van der Waals surface area (Å²) in [5.74, 6) is 0.189. The summed E-state index contributed by atoms with van der Waals surface area (Å²) < 4.78 is 5.65. The number of piperidine rings is 1. The first-order chi connectivity index (χ1) is 11.6. The minimum absolute atomic E-state index is 0.0208. The van der Waals surface area contributed by atoms with Crippen molar-refractivity contribution in [3.05, 3.63) is 0 Å². The number of carbonyl (C=O) groups is 2. The van der Waals surface area contributed by atoms with E-state index < -0.39 is 5.60 Å². The van der Waals surface area contributed by atoms with Crippen LogP contribution in [0.15, 0.2) is 0 Å². The highest BCUT2D eigenvalue weighted by molar-refractivity contribution is 5.75. The number of carbonyl (C=O) groups excluding carboxylic acids is 2. The maximum absolute atomic E-state index is 12.8. The molecule has 1 N–H and O–H groups in total. The molecule has 1 aliphatic rings. The molecule has 0 bridgehead atoms. The van der Waals surface area contributed by atoms with Gasteiger partial charge in [-0.25, -0.2) is 4.79 Å². The van der Waals surface area contributed by atoms with Crippen LogP contribution >= 0.6 is 0 Å². The Morgan fingerprint density at radius 3 is 2.44 bits per heavy atom. The number of hydrogen-bond acceptors (Lipinski definition) is 4. The number of aliphatic hydroxyl groups is 1. The number of ketones is 1. The Bertz CT molecular complexity index is 430. The van der Waals surface area contributed by atoms with Crippen LogP contribution in [-0.4, -0.2) is 45.7 Å². The Balaban J connectivity index is 2.84. The van der Waals surface area contributed by atoms with Crippen LogP contribution in [0.5, 0.6) is 0 Å². The molecule has 0 aliphatic carbocycles. The number of Topliss-reactive ketones (excluding diaryl/α,β-unsaturated/α-hetero) is 1. The highest BCUT2D eigenvalue weighted by Gasteiger charge is 2.37. The van der Waals surface area contributed by atoms with E-state index in [2.05, 4.69) is 6.92 Å². The van der Waals surface area contributed by atoms with Crippen LogP contribution in [0, 0.1) is 0 Å². The molecule has 1 saturated heterocycles. The third kappa shape index (κ3) is 8.21. The summed E-state index contributed by atoms with van der Waals surface area (Å²) in [6.45, 7) is 9.29. The first-order valence-corrected chi connectivity index (χ1v) is 9.82. The lowest BCUT2D eigenvalue weighted by molar-refractivity contribution is -0.117. The van der Waals surface area contributed by atoms with E-state index in [1.165, 1.54) is 0 Å². The monoisotopic (exact) mass is 355 g/mol. The van der Waals surface area contributed by atoms with Crippen molar-refractivity contribution < 1.29 is 19.4 Å². The number of amides is 1. The lowest BCUT2D eigenvalue weighted by Crippen LogP contribution is -2.52. The quantitative estimate of drug-likeness (QED) is 0.698. The van der Waals surface area contributed by atoms with E-state index in [1.807, 2.05) is 25.7 Å². The Labute approximate surface area is 153 Å². The number of aliphatic hydroxyl groups excluding tert-OH is 1. The summed E-state index contributed by atoms with van der Waals surface area (Å²) in [5.41, 5.74) is -0.537. The molecule has 1 fully saturated rings. The van der Waals surface area contributed by atoms with Crippen molar-refractivity contribution in [1.82, 2.24) is 4.90 Å². The zero-order valence-electron chi connectivity index (χ0n) is 16.7. The lowest BCUT2D eigenvalue weighted by Gasteiger charge is -2.43. The van der Waals surface area contributed by atoms with Crippen LogP contribution in [-0.2, 0) is 9.53 Å². The Morgan fingerprint density at radius 2 is 1.88 bits per heavy atom. The predicted molar refractivity (Wildman–Crippen MR) is 99.6 cm³/mol. The van der Waals surface area contributed by atoms with E-state index in [0.717, 1.165) is 44.9 Å². The molecule has 0 aromatic rings. The molecule has 0 radical (unpaired) electrons. The second-order valence-corrected chi connectivity index (χ2v) is 8.40. The maximum Gasteiger partial charge on any atom is 0.410 e. The molecule has 0 aromatic carbocycles. The van der Waals surface area contributed by atoms with Crippen molar-refractivity contribution in [2.75, 3.05) is 0 Å². The molecular formula is C20H37NO4. The van der Waals surface area contributed by atoms with Gasteiger partial charge < -0.3 is 19.5 Å². The van der Waals surface area contributed by atoms with E-state index in [1.54, 1.807) is 6.92 Å². The fraction of sp³-hybridized carbons (Fsp3) is 0.900. The number of rotatable bonds is 8. The average Bonchev–Trinajstić information content (AvgIpc) is 2.45. The van der Waals surface area contributed by atoms with Crippen LogP contribution in [0.25, 0.3) is 0 Å². The molecule has 146 valence electrons. The molecule has 1 rings (SSSR count). The summed E-state index contributed by atoms with van der Waals surface area (Å²) in [6.07, 6.45) is 6.70. The van der Waals surface area contributed by atoms with E-state index in [-0.39, 0.29) is 30.1 Å². The smallest absolute Gasteiger partial charge is 0.410 e. The minimum Gasteiger partial charge on any atom is -0.444 e. The fourth-order valence-corrected chi connectivity index (χ4v) is 3.64. The molecule has 0 saturated carbocycles. The Kier molecular flexibility index (Phi) is 8.91. The van der Waals surface area contributed by atoms with Gasteiger partial charge in [-0.05, 0) is 72.6 Å². The van der Waals surface area contributed by atoms with E-state index in [4.69, 9.17) is 4.74 Å². The molecule has 5 heteroatoms. The predicted octanol–water partition coefficient (Wildman–Crippen LogP) is 4.46. The number of likely N-dealkylation sites (tertiary alicyclic amines) is 1. The summed E-state index contributed by atoms with van der Waals surface area (Å²) in [7, 11) is 0. The highest BCUT2D eigenvalue weighted by atomic mass is 16.6. The second-order valence-electron chi connectivity index (χ2n) is 8.40. The fourth-order valence-electron chi connectivity index (χ4n) is 3.64. The molecule has 5 nitrogen and oxygen atoms in total. The lowest BCUT2D eigenvalue weighted by atomic mass is 9.89. The van der Waals surface area contributed by atoms with Crippen molar-refractivity contribution in [2.24, 2.45) is 0 Å². The maximum atomic E-state index is 12.8. The van der Waals surface area contributed by atoms with Gasteiger partial charge in [0, 0.05) is 18.5 Å². The van der Waals surface area contributed by atoms with Crippen molar-refractivity contribution in [3.8, 4) is 0 Å². The normalized spacial score (nSPS) is 22.6. The minimum atomic E-state index is -0.537. The topological polar surface area (TPSA) is 66.8 Å². The SMILES string of the molecule is CCC[C@@H](O)C[C@@H]1CCC[C@H](CCCC(C)=O)N1C(=O)OC(C)(C)C. The zero-order valence-corrected chi connectivity index (χ0v) is 16.7. The first-order valence-electron chi connectivity index (χ1n) is 9.82. The van der Waals surface area contributed by atoms with Gasteiger partial charge in [-0.3, -0.25) is 0 Å². The van der Waals surface area contributed by atoms with Crippen LogP contribution in [0.3, 0.4) is 0 Å². The summed E-state index contributed by atoms with van der Waals surface area (Å²) in [4.78, 5) is 25.9. The standard InChI is InChI=1S/C20H37NO4/c1-6-9-18(23)14-17-13-8-12-16(11-7-10-15(2)22)21(17)19(24)25-20(3,4)5/h16-18,23H,6-14H2,1-5H3/t16-,17-,18+/m0/s1. The van der Waals surface area contributed by atoms with Crippen molar-refractivity contribution >= 4 is 11.9 Å². The van der Waals surface area contributed by atoms with Gasteiger partial charge in [-0.2, -0.15) is 0 Å². The Hall–Kier alpha value is -1.10. The first kappa shape index (κ1) is 21.9. The van der Waals surface area contributed by atoms with Gasteiger partial charge in [-0.1, -0.05) is 13.3 Å². The van der Waals surface area contributed by atoms with Crippen molar-refractivity contribution in [1.29, 1.82) is 0 Å². The summed E-state index contributed by atoms with van der Waals surface area (Å²) in [5, 5.41) is 10.2. The third-order valence-electron chi connectivity index (χ3n) is 4.70. The van der Waals surface area contributed by atoms with Gasteiger partial charge in [0.25, 0.3) is 0 Å². The molecule has 0 aromatic heterocycles. The van der Waals surface area contributed by atoms with Crippen LogP contribution < -0.4 is 0 Å². The zero-order chi connectivity index (χ0) is 19.0. The van der Waals surface area contributed by atoms with Gasteiger partial charge >= 0.3 is 6.09 Å². The molecule has 0 spiro atoms. The van der Waals surface area contributed by atoms with E-state index in [9.17, 15) is 14.7 Å². The molecule has 1 amide bonds. The van der Waals surface area contributed by atoms with Crippen LogP contribution in [0.2, 0.25) is 0 Å². The van der Waals surface area contributed by atoms with Crippen LogP contribution in [0.4, 0.5) is 4.79 Å². The highest BCUT2D eigenvalue weighted by Crippen LogP contribution is 2.31. The van der Waals surface area contributed by atoms with Gasteiger partial charge in [0.1, 0.15) is 11.4 Å². The number of hydrogen-bond donors (Lipinski definition) is 1. The van der Waals surface area contributed by atoms with E-state index >= 15 is 0 Å². The average molecular weight is 356 g/mol. The molecule has 1 aliphatic heterocycles. The van der Waals surface area contributed by atoms with E-state index in [0.29, 0.717) is 12.8 Å². The molecule has 1 heterocycles. The molecule has 25 heavy (non-hydrogen) atoms. The van der Waals surface area contributed by atoms with Gasteiger partial charge in [0.2, 0.25) is 0 Å². The molecular weight excluding hydrogens is 318 g/mol. The summed E-state index contributed by atoms with van der Waals surface area (Å²) >= 11 is 0. The molecule has 0 unspecified atom stereocenters. The van der Waals surface area contributed by atoms with Gasteiger partial charge in [0.05, 0.1) is 6.10 Å². The van der Waals surface area contributed by atoms with Crippen molar-refractivity contribution in [3.63, 3.8) is 0 Å². The number of nitrogens with zero attached hydrogens (tertiary/aromatic N) is 1. The molecule has 3 atom stereocenters. The summed E-state index contributed by atoms with van der Waals surface area (Å²) in [6, 6.07) is 0.120. The van der Waals surface area contributed by atoms with Crippen LogP contribution in [0.1, 0.15) is 92.4 Å². The third-order valence-corrected chi connectivity index (χ3v) is 4.70.